The largest absolute Gasteiger partial charge is 0.368 e. The summed E-state index contributed by atoms with van der Waals surface area (Å²) in [5.74, 6) is 0.0581. The van der Waals surface area contributed by atoms with E-state index in [-0.39, 0.29) is 5.91 Å². The molecule has 4 nitrogen and oxygen atoms in total. The van der Waals surface area contributed by atoms with E-state index in [0.29, 0.717) is 6.42 Å². The molecule has 1 heterocycles. The first-order valence-corrected chi connectivity index (χ1v) is 8.53. The van der Waals surface area contributed by atoms with Gasteiger partial charge >= 0.3 is 0 Å². The fraction of sp³-hybridized carbons (Fsp3) is 0.350. The molecule has 1 saturated heterocycles. The maximum atomic E-state index is 12.6. The topological polar surface area (TPSA) is 49.6 Å². The number of nitrogens with zero attached hydrogens (tertiary/aromatic N) is 2. The molecular formula is C20H25N3O. The summed E-state index contributed by atoms with van der Waals surface area (Å²) in [6.07, 6.45) is 0.595. The Morgan fingerprint density at radius 2 is 1.75 bits per heavy atom. The number of anilines is 1. The van der Waals surface area contributed by atoms with Gasteiger partial charge in [-0.05, 0) is 36.6 Å². The Morgan fingerprint density at radius 1 is 1.04 bits per heavy atom. The van der Waals surface area contributed by atoms with E-state index in [9.17, 15) is 4.79 Å². The van der Waals surface area contributed by atoms with Crippen molar-refractivity contribution in [3.05, 3.63) is 65.7 Å². The van der Waals surface area contributed by atoms with Gasteiger partial charge in [0.2, 0.25) is 5.91 Å². The van der Waals surface area contributed by atoms with Crippen molar-refractivity contribution < 1.29 is 4.79 Å². The van der Waals surface area contributed by atoms with Crippen LogP contribution in [0.5, 0.6) is 0 Å². The Balaban J connectivity index is 1.55. The molecule has 3 rings (SSSR count). The summed E-state index contributed by atoms with van der Waals surface area (Å²) >= 11 is 0. The Morgan fingerprint density at radius 3 is 2.42 bits per heavy atom. The minimum absolute atomic E-state index is 0.0581. The first-order chi connectivity index (χ1) is 11.6. The highest BCUT2D eigenvalue weighted by atomic mass is 16.2. The Hall–Kier alpha value is -2.33. The minimum Gasteiger partial charge on any atom is -0.368 e. The molecule has 0 radical (unpaired) electrons. The van der Waals surface area contributed by atoms with Crippen molar-refractivity contribution in [2.24, 2.45) is 5.73 Å². The van der Waals surface area contributed by atoms with Crippen LogP contribution in [0, 0.1) is 6.92 Å². The molecule has 126 valence electrons. The fourth-order valence-corrected chi connectivity index (χ4v) is 3.20. The van der Waals surface area contributed by atoms with Gasteiger partial charge in [0.15, 0.2) is 0 Å². The van der Waals surface area contributed by atoms with Gasteiger partial charge in [-0.25, -0.2) is 0 Å². The molecule has 0 spiro atoms. The summed E-state index contributed by atoms with van der Waals surface area (Å²) in [4.78, 5) is 16.8. The van der Waals surface area contributed by atoms with Crippen LogP contribution in [0.3, 0.4) is 0 Å². The lowest BCUT2D eigenvalue weighted by molar-refractivity contribution is -0.132. The van der Waals surface area contributed by atoms with Gasteiger partial charge in [-0.2, -0.15) is 0 Å². The second-order valence-corrected chi connectivity index (χ2v) is 6.45. The quantitative estimate of drug-likeness (QED) is 0.938. The van der Waals surface area contributed by atoms with Crippen molar-refractivity contribution in [2.75, 3.05) is 31.1 Å². The van der Waals surface area contributed by atoms with E-state index in [2.05, 4.69) is 36.1 Å². The zero-order valence-electron chi connectivity index (χ0n) is 14.2. The number of hydrogen-bond donors (Lipinski definition) is 1. The van der Waals surface area contributed by atoms with Crippen LogP contribution >= 0.6 is 0 Å². The van der Waals surface area contributed by atoms with E-state index >= 15 is 0 Å². The molecule has 0 aliphatic carbocycles. The van der Waals surface area contributed by atoms with Gasteiger partial charge in [-0.15, -0.1) is 0 Å². The van der Waals surface area contributed by atoms with E-state index in [1.807, 2.05) is 35.2 Å². The molecule has 0 aromatic heterocycles. The highest BCUT2D eigenvalue weighted by molar-refractivity contribution is 5.82. The van der Waals surface area contributed by atoms with Crippen molar-refractivity contribution in [3.63, 3.8) is 0 Å². The number of carbonyl (C=O) groups excluding carboxylic acids is 1. The van der Waals surface area contributed by atoms with Gasteiger partial charge in [-0.3, -0.25) is 4.79 Å². The molecule has 2 aromatic carbocycles. The minimum atomic E-state index is -0.460. The SMILES string of the molecule is Cc1cccc(N2CCN(C(=O)C(N)Cc3ccccc3)CC2)c1. The summed E-state index contributed by atoms with van der Waals surface area (Å²) in [6.45, 7) is 5.27. The molecule has 1 amide bonds. The van der Waals surface area contributed by atoms with E-state index in [1.165, 1.54) is 11.3 Å². The van der Waals surface area contributed by atoms with Crippen molar-refractivity contribution in [3.8, 4) is 0 Å². The Bertz CT molecular complexity index is 678. The molecule has 1 aliphatic rings. The van der Waals surface area contributed by atoms with Crippen molar-refractivity contribution in [1.29, 1.82) is 0 Å². The van der Waals surface area contributed by atoms with E-state index in [1.54, 1.807) is 0 Å². The van der Waals surface area contributed by atoms with Crippen LogP contribution in [0.2, 0.25) is 0 Å². The van der Waals surface area contributed by atoms with Crippen LogP contribution < -0.4 is 10.6 Å². The predicted octanol–water partition coefficient (Wildman–Crippen LogP) is 2.21. The number of nitrogens with two attached hydrogens (primary N) is 1. The number of rotatable bonds is 4. The van der Waals surface area contributed by atoms with Gasteiger partial charge in [0.25, 0.3) is 0 Å². The summed E-state index contributed by atoms with van der Waals surface area (Å²) in [5.41, 5.74) is 9.74. The lowest BCUT2D eigenvalue weighted by Gasteiger charge is -2.37. The molecule has 0 saturated carbocycles. The normalized spacial score (nSPS) is 16.1. The van der Waals surface area contributed by atoms with Crippen molar-refractivity contribution in [1.82, 2.24) is 4.90 Å². The molecule has 2 aromatic rings. The van der Waals surface area contributed by atoms with Crippen molar-refractivity contribution in [2.45, 2.75) is 19.4 Å². The number of carbonyl (C=O) groups is 1. The van der Waals surface area contributed by atoms with Gasteiger partial charge in [0, 0.05) is 31.9 Å². The third-order valence-electron chi connectivity index (χ3n) is 4.57. The van der Waals surface area contributed by atoms with E-state index in [0.717, 1.165) is 31.7 Å². The third-order valence-corrected chi connectivity index (χ3v) is 4.57. The Kier molecular flexibility index (Phi) is 5.16. The Labute approximate surface area is 143 Å². The summed E-state index contributed by atoms with van der Waals surface area (Å²) < 4.78 is 0. The summed E-state index contributed by atoms with van der Waals surface area (Å²) in [7, 11) is 0. The molecular weight excluding hydrogens is 298 g/mol. The second-order valence-electron chi connectivity index (χ2n) is 6.45. The first-order valence-electron chi connectivity index (χ1n) is 8.53. The molecule has 24 heavy (non-hydrogen) atoms. The summed E-state index contributed by atoms with van der Waals surface area (Å²) in [6, 6.07) is 18.0. The van der Waals surface area contributed by atoms with Crippen LogP contribution in [-0.4, -0.2) is 43.0 Å². The third kappa shape index (κ3) is 3.95. The second kappa shape index (κ2) is 7.49. The zero-order valence-corrected chi connectivity index (χ0v) is 14.2. The molecule has 1 atom stereocenters. The molecule has 0 bridgehead atoms. The molecule has 1 fully saturated rings. The van der Waals surface area contributed by atoms with Gasteiger partial charge in [0.05, 0.1) is 6.04 Å². The molecule has 1 aliphatic heterocycles. The highest BCUT2D eigenvalue weighted by Gasteiger charge is 2.25. The average molecular weight is 323 g/mol. The van der Waals surface area contributed by atoms with Crippen LogP contribution in [0.1, 0.15) is 11.1 Å². The zero-order chi connectivity index (χ0) is 16.9. The maximum absolute atomic E-state index is 12.6. The van der Waals surface area contributed by atoms with Crippen LogP contribution in [0.25, 0.3) is 0 Å². The maximum Gasteiger partial charge on any atom is 0.239 e. The smallest absolute Gasteiger partial charge is 0.239 e. The molecule has 1 unspecified atom stereocenters. The van der Waals surface area contributed by atoms with E-state index in [4.69, 9.17) is 5.73 Å². The van der Waals surface area contributed by atoms with Crippen LogP contribution in [0.15, 0.2) is 54.6 Å². The number of hydrogen-bond acceptors (Lipinski definition) is 3. The number of aryl methyl sites for hydroxylation is 1. The average Bonchev–Trinajstić information content (AvgIpc) is 2.62. The number of piperazine rings is 1. The van der Waals surface area contributed by atoms with Crippen LogP contribution in [-0.2, 0) is 11.2 Å². The van der Waals surface area contributed by atoms with Gasteiger partial charge in [-0.1, -0.05) is 42.5 Å². The first kappa shape index (κ1) is 16.5. The summed E-state index contributed by atoms with van der Waals surface area (Å²) in [5, 5.41) is 0. The molecule has 4 heteroatoms. The highest BCUT2D eigenvalue weighted by Crippen LogP contribution is 2.18. The standard InChI is InChI=1S/C20H25N3O/c1-16-6-5-9-18(14-16)22-10-12-23(13-11-22)20(24)19(21)15-17-7-3-2-4-8-17/h2-9,14,19H,10-13,15,21H2,1H3. The lowest BCUT2D eigenvalue weighted by atomic mass is 10.1. The predicted molar refractivity (Wildman–Crippen MR) is 98.1 cm³/mol. The fourth-order valence-electron chi connectivity index (χ4n) is 3.20. The lowest BCUT2D eigenvalue weighted by Crippen LogP contribution is -2.53. The number of amides is 1. The molecule has 2 N–H and O–H groups in total. The monoisotopic (exact) mass is 323 g/mol. The van der Waals surface area contributed by atoms with E-state index < -0.39 is 6.04 Å². The van der Waals surface area contributed by atoms with Crippen LogP contribution in [0.4, 0.5) is 5.69 Å². The number of benzene rings is 2. The van der Waals surface area contributed by atoms with Crippen molar-refractivity contribution >= 4 is 11.6 Å². The van der Waals surface area contributed by atoms with Gasteiger partial charge < -0.3 is 15.5 Å². The van der Waals surface area contributed by atoms with Gasteiger partial charge in [0.1, 0.15) is 0 Å².